The van der Waals surface area contributed by atoms with Gasteiger partial charge in [-0.05, 0) is 83.0 Å². The van der Waals surface area contributed by atoms with E-state index in [0.717, 1.165) is 30.2 Å². The van der Waals surface area contributed by atoms with Crippen molar-refractivity contribution in [2.24, 2.45) is 0 Å². The van der Waals surface area contributed by atoms with Gasteiger partial charge in [0, 0.05) is 30.9 Å². The number of anilines is 1. The first kappa shape index (κ1) is 32.5. The Morgan fingerprint density at radius 2 is 2.02 bits per heavy atom. The number of aromatic nitrogens is 3. The van der Waals surface area contributed by atoms with Crippen LogP contribution in [0.4, 0.5) is 15.0 Å². The standard InChI is InChI=1S/C37H40FN7O4/c1-36(2,3)49-35(47)45-24-12-13-37(45,14-15-39-4)22-44(20-24)33-29-19-40-31(28-18-26(46)17-23-9-6-7-11-27(23)28)30(38)32(29)41-34(42-33)48-21-25-10-8-16-43(25)5/h6-7,9,11,14-15,17-19,24-25,46H,8,10,12-13,16,20-22H2,1-3,5H3/b15-14+/t24?,25-,37?/m0/s1. The molecular weight excluding hydrogens is 625 g/mol. The van der Waals surface area contributed by atoms with Crippen molar-refractivity contribution in [3.8, 4) is 23.0 Å². The second kappa shape index (κ2) is 12.5. The van der Waals surface area contributed by atoms with Crippen LogP contribution in [-0.2, 0) is 4.74 Å². The van der Waals surface area contributed by atoms with Gasteiger partial charge in [-0.3, -0.25) is 9.88 Å². The summed E-state index contributed by atoms with van der Waals surface area (Å²) in [5, 5.41) is 12.4. The number of hydrogen-bond acceptors (Lipinski definition) is 9. The number of benzene rings is 2. The number of hydrogen-bond donors (Lipinski definition) is 1. The van der Waals surface area contributed by atoms with Gasteiger partial charge in [-0.15, -0.1) is 0 Å². The number of phenolic OH excluding ortho intramolecular Hbond substituents is 1. The van der Waals surface area contributed by atoms with Gasteiger partial charge in [0.1, 0.15) is 35.0 Å². The van der Waals surface area contributed by atoms with Gasteiger partial charge in [-0.2, -0.15) is 9.97 Å². The van der Waals surface area contributed by atoms with Crippen LogP contribution in [0.2, 0.25) is 0 Å². The molecule has 1 N–H and O–H groups in total. The second-order valence-corrected chi connectivity index (χ2v) is 14.3. The predicted octanol–water partition coefficient (Wildman–Crippen LogP) is 6.55. The molecule has 1 amide bonds. The first-order valence-electron chi connectivity index (χ1n) is 16.7. The number of aromatic hydroxyl groups is 1. The number of rotatable bonds is 6. The van der Waals surface area contributed by atoms with Crippen molar-refractivity contribution in [2.75, 3.05) is 38.2 Å². The van der Waals surface area contributed by atoms with Crippen LogP contribution in [-0.4, -0.2) is 92.5 Å². The molecule has 3 aliphatic rings. The average molecular weight is 666 g/mol. The highest BCUT2D eigenvalue weighted by molar-refractivity contribution is 6.00. The smallest absolute Gasteiger partial charge is 0.411 e. The van der Waals surface area contributed by atoms with Crippen molar-refractivity contribution >= 4 is 33.6 Å². The summed E-state index contributed by atoms with van der Waals surface area (Å²) < 4.78 is 28.9. The monoisotopic (exact) mass is 665 g/mol. The first-order valence-corrected chi connectivity index (χ1v) is 16.7. The Morgan fingerprint density at radius 1 is 1.20 bits per heavy atom. The van der Waals surface area contributed by atoms with E-state index in [0.29, 0.717) is 49.3 Å². The molecule has 0 spiro atoms. The number of likely N-dealkylation sites (tertiary alicyclic amines) is 1. The van der Waals surface area contributed by atoms with Crippen LogP contribution < -0.4 is 9.64 Å². The van der Waals surface area contributed by atoms with Crippen LogP contribution in [0.15, 0.2) is 54.9 Å². The van der Waals surface area contributed by atoms with Crippen LogP contribution in [0.5, 0.6) is 11.8 Å². The van der Waals surface area contributed by atoms with Crippen molar-refractivity contribution in [1.29, 1.82) is 0 Å². The van der Waals surface area contributed by atoms with E-state index in [-0.39, 0.29) is 35.1 Å². The number of fused-ring (bicyclic) bond motifs is 4. The maximum atomic E-state index is 16.8. The van der Waals surface area contributed by atoms with Gasteiger partial charge in [-0.1, -0.05) is 30.3 Å². The molecule has 0 aliphatic carbocycles. The fourth-order valence-corrected chi connectivity index (χ4v) is 7.57. The Hall–Kier alpha value is -5.02. The molecular formula is C37H40FN7O4. The van der Waals surface area contributed by atoms with Gasteiger partial charge in [0.15, 0.2) is 12.0 Å². The summed E-state index contributed by atoms with van der Waals surface area (Å²) in [5.74, 6) is -0.216. The Morgan fingerprint density at radius 3 is 2.78 bits per heavy atom. The summed E-state index contributed by atoms with van der Waals surface area (Å²) in [4.78, 5) is 37.1. The van der Waals surface area contributed by atoms with E-state index in [1.54, 1.807) is 23.2 Å². The molecule has 2 bridgehead atoms. The van der Waals surface area contributed by atoms with Crippen molar-refractivity contribution in [2.45, 2.75) is 69.7 Å². The van der Waals surface area contributed by atoms with Crippen LogP contribution >= 0.6 is 0 Å². The number of likely N-dealkylation sites (N-methyl/N-ethyl adjacent to an activating group) is 1. The summed E-state index contributed by atoms with van der Waals surface area (Å²) in [6.45, 7) is 15.0. The lowest BCUT2D eigenvalue weighted by Crippen LogP contribution is -2.63. The van der Waals surface area contributed by atoms with E-state index < -0.39 is 23.1 Å². The van der Waals surface area contributed by atoms with Crippen molar-refractivity contribution < 1.29 is 23.8 Å². The van der Waals surface area contributed by atoms with Gasteiger partial charge < -0.3 is 24.4 Å². The first-order chi connectivity index (χ1) is 23.5. The number of phenols is 1. The molecule has 49 heavy (non-hydrogen) atoms. The number of amides is 1. The number of halogens is 1. The molecule has 11 nitrogen and oxygen atoms in total. The number of pyridine rings is 1. The fourth-order valence-electron chi connectivity index (χ4n) is 7.57. The van der Waals surface area contributed by atoms with Crippen LogP contribution in [0.25, 0.3) is 37.8 Å². The molecule has 4 aromatic rings. The quantitative estimate of drug-likeness (QED) is 0.229. The number of carbonyl (C=O) groups is 1. The maximum Gasteiger partial charge on any atom is 0.411 e. The van der Waals surface area contributed by atoms with Gasteiger partial charge in [0.2, 0.25) is 0 Å². The molecule has 3 aliphatic heterocycles. The van der Waals surface area contributed by atoms with E-state index in [1.165, 1.54) is 12.3 Å². The summed E-state index contributed by atoms with van der Waals surface area (Å²) in [6, 6.07) is 10.6. The molecule has 2 unspecified atom stereocenters. The largest absolute Gasteiger partial charge is 0.508 e. The molecule has 7 rings (SSSR count). The van der Waals surface area contributed by atoms with E-state index in [4.69, 9.17) is 21.0 Å². The van der Waals surface area contributed by atoms with Crippen LogP contribution in [0.3, 0.4) is 0 Å². The summed E-state index contributed by atoms with van der Waals surface area (Å²) in [5.41, 5.74) is -0.991. The van der Waals surface area contributed by atoms with Crippen LogP contribution in [0.1, 0.15) is 46.5 Å². The lowest BCUT2D eigenvalue weighted by molar-refractivity contribution is 0.00217. The molecule has 0 radical (unpaired) electrons. The zero-order chi connectivity index (χ0) is 34.5. The highest BCUT2D eigenvalue weighted by Crippen LogP contribution is 2.44. The third-order valence-corrected chi connectivity index (χ3v) is 9.82. The third-order valence-electron chi connectivity index (χ3n) is 9.82. The summed E-state index contributed by atoms with van der Waals surface area (Å²) >= 11 is 0. The highest BCUT2D eigenvalue weighted by Gasteiger charge is 2.53. The van der Waals surface area contributed by atoms with E-state index >= 15 is 4.39 Å². The Bertz CT molecular complexity index is 2010. The Kier molecular flexibility index (Phi) is 8.27. The number of carbonyl (C=O) groups excluding carboxylic acids is 1. The summed E-state index contributed by atoms with van der Waals surface area (Å²) in [6.07, 6.45) is 7.67. The van der Waals surface area contributed by atoms with Gasteiger partial charge in [-0.25, -0.2) is 14.0 Å². The molecule has 3 saturated heterocycles. The molecule has 3 fully saturated rings. The zero-order valence-electron chi connectivity index (χ0n) is 28.2. The zero-order valence-corrected chi connectivity index (χ0v) is 28.2. The molecule has 3 atom stereocenters. The SMILES string of the molecule is [C-]#[N+]/C=C/C12CCC(CN(c3nc(OC[C@@H]4CCCN4C)nc4c(F)c(-c5cc(O)cc6ccccc56)ncc34)C1)N2C(=O)OC(C)(C)C. The third kappa shape index (κ3) is 6.08. The highest BCUT2D eigenvalue weighted by atomic mass is 19.1. The fraction of sp³-hybridized carbons (Fsp3) is 0.432. The molecule has 0 saturated carbocycles. The van der Waals surface area contributed by atoms with Gasteiger partial charge >= 0.3 is 12.1 Å². The topological polar surface area (TPSA) is 109 Å². The number of piperazine rings is 1. The normalized spacial score (nSPS) is 22.7. The van der Waals surface area contributed by atoms with E-state index in [9.17, 15) is 9.90 Å². The van der Waals surface area contributed by atoms with Gasteiger partial charge in [0.05, 0.1) is 23.5 Å². The number of ether oxygens (including phenoxy) is 2. The minimum Gasteiger partial charge on any atom is -0.508 e. The lowest BCUT2D eigenvalue weighted by atomic mass is 9.94. The summed E-state index contributed by atoms with van der Waals surface area (Å²) in [7, 11) is 2.06. The average Bonchev–Trinajstić information content (AvgIpc) is 3.58. The molecule has 12 heteroatoms. The van der Waals surface area contributed by atoms with Crippen molar-refractivity contribution in [3.63, 3.8) is 0 Å². The van der Waals surface area contributed by atoms with Gasteiger partial charge in [0.25, 0.3) is 0 Å². The molecule has 2 aromatic carbocycles. The lowest BCUT2D eigenvalue weighted by Gasteiger charge is -2.48. The molecule has 254 valence electrons. The number of nitrogens with zero attached hydrogens (tertiary/aromatic N) is 7. The molecule has 5 heterocycles. The van der Waals surface area contributed by atoms with Crippen LogP contribution in [0, 0.1) is 12.4 Å². The van der Waals surface area contributed by atoms with Crippen molar-refractivity contribution in [3.05, 3.63) is 72.1 Å². The minimum atomic E-state index is -0.840. The Labute approximate surface area is 284 Å². The molecule has 2 aromatic heterocycles. The minimum absolute atomic E-state index is 0.000760. The Balaban J connectivity index is 1.34. The maximum absolute atomic E-state index is 16.8. The van der Waals surface area contributed by atoms with Crippen molar-refractivity contribution in [1.82, 2.24) is 24.8 Å². The van der Waals surface area contributed by atoms with E-state index in [1.807, 2.05) is 49.9 Å². The second-order valence-electron chi connectivity index (χ2n) is 14.3. The van der Waals surface area contributed by atoms with E-state index in [2.05, 4.69) is 26.8 Å². The predicted molar refractivity (Wildman–Crippen MR) is 185 cm³/mol.